The first kappa shape index (κ1) is 20.3. The zero-order valence-electron chi connectivity index (χ0n) is 16.9. The fourth-order valence-corrected chi connectivity index (χ4v) is 4.50. The van der Waals surface area contributed by atoms with Gasteiger partial charge in [-0.2, -0.15) is 14.0 Å². The molecule has 0 saturated carbocycles. The summed E-state index contributed by atoms with van der Waals surface area (Å²) in [5.74, 6) is 0.807. The van der Waals surface area contributed by atoms with Crippen LogP contribution in [0.3, 0.4) is 0 Å². The van der Waals surface area contributed by atoms with Crippen molar-refractivity contribution in [2.75, 3.05) is 0 Å². The molecule has 5 rings (SSSR count). The van der Waals surface area contributed by atoms with Gasteiger partial charge in [0.05, 0.1) is 11.1 Å². The maximum absolute atomic E-state index is 13.4. The fourth-order valence-electron chi connectivity index (χ4n) is 3.54. The smallest absolute Gasteiger partial charge is 0.354 e. The van der Waals surface area contributed by atoms with E-state index in [2.05, 4.69) is 15.1 Å². The quantitative estimate of drug-likeness (QED) is 0.396. The molecule has 4 heterocycles. The van der Waals surface area contributed by atoms with Gasteiger partial charge in [-0.15, -0.1) is 11.3 Å². The first-order chi connectivity index (χ1) is 15.5. The molecular weight excluding hydrogens is 450 g/mol. The Morgan fingerprint density at radius 1 is 1.22 bits per heavy atom. The molecular formula is C22H17ClN5O3S+. The molecule has 160 valence electrons. The van der Waals surface area contributed by atoms with Crippen LogP contribution in [-0.2, 0) is 13.0 Å². The Kier molecular flexibility index (Phi) is 5.20. The second-order valence-electron chi connectivity index (χ2n) is 7.04. The van der Waals surface area contributed by atoms with E-state index in [1.54, 1.807) is 47.3 Å². The van der Waals surface area contributed by atoms with Crippen LogP contribution in [0.5, 0.6) is 5.88 Å². The van der Waals surface area contributed by atoms with E-state index in [0.717, 1.165) is 4.88 Å². The second-order valence-corrected chi connectivity index (χ2v) is 8.74. The lowest BCUT2D eigenvalue weighted by Crippen LogP contribution is -2.41. The van der Waals surface area contributed by atoms with E-state index >= 15 is 0 Å². The average Bonchev–Trinajstić information content (AvgIpc) is 3.46. The molecule has 0 bridgehead atoms. The Hall–Kier alpha value is -3.56. The Bertz CT molecular complexity index is 1510. The third kappa shape index (κ3) is 3.55. The number of hydrogen-bond acceptors (Lipinski definition) is 7. The number of benzene rings is 1. The van der Waals surface area contributed by atoms with Gasteiger partial charge in [0.25, 0.3) is 11.5 Å². The van der Waals surface area contributed by atoms with Gasteiger partial charge in [0.2, 0.25) is 11.7 Å². The lowest BCUT2D eigenvalue weighted by atomic mass is 10.0. The first-order valence-corrected chi connectivity index (χ1v) is 11.0. The topological polar surface area (TPSA) is 97.4 Å². The summed E-state index contributed by atoms with van der Waals surface area (Å²) >= 11 is 7.30. The van der Waals surface area contributed by atoms with E-state index in [9.17, 15) is 9.90 Å². The van der Waals surface area contributed by atoms with E-state index in [4.69, 9.17) is 16.1 Å². The van der Waals surface area contributed by atoms with E-state index in [0.29, 0.717) is 45.9 Å². The highest BCUT2D eigenvalue weighted by Crippen LogP contribution is 2.28. The molecule has 0 radical (unpaired) electrons. The van der Waals surface area contributed by atoms with Gasteiger partial charge in [0.1, 0.15) is 6.54 Å². The second kappa shape index (κ2) is 8.18. The number of nitrogens with zero attached hydrogens (tertiary/aromatic N) is 5. The Morgan fingerprint density at radius 3 is 2.81 bits per heavy atom. The number of aromatic nitrogens is 5. The molecule has 1 N–H and O–H groups in total. The van der Waals surface area contributed by atoms with Gasteiger partial charge in [-0.3, -0.25) is 0 Å². The van der Waals surface area contributed by atoms with Crippen molar-refractivity contribution >= 4 is 28.6 Å². The number of thiazole rings is 1. The largest absolute Gasteiger partial charge is 0.477 e. The molecule has 0 aliphatic rings. The van der Waals surface area contributed by atoms with Crippen molar-refractivity contribution in [2.24, 2.45) is 0 Å². The molecule has 1 aromatic carbocycles. The molecule has 0 saturated heterocycles. The Balaban J connectivity index is 1.71. The van der Waals surface area contributed by atoms with Gasteiger partial charge in [-0.1, -0.05) is 47.9 Å². The molecule has 0 amide bonds. The molecule has 0 atom stereocenters. The van der Waals surface area contributed by atoms with Crippen LogP contribution in [0.1, 0.15) is 17.7 Å². The van der Waals surface area contributed by atoms with E-state index in [1.807, 2.05) is 19.1 Å². The first-order valence-electron chi connectivity index (χ1n) is 9.85. The summed E-state index contributed by atoms with van der Waals surface area (Å²) in [7, 11) is 0. The van der Waals surface area contributed by atoms with Crippen molar-refractivity contribution in [3.8, 4) is 28.4 Å². The molecule has 0 aliphatic heterocycles. The maximum Gasteiger partial charge on any atom is 0.354 e. The number of hydrogen-bond donors (Lipinski definition) is 1. The van der Waals surface area contributed by atoms with Crippen LogP contribution in [0.15, 0.2) is 64.2 Å². The molecule has 5 aromatic rings. The molecule has 10 heteroatoms. The number of fused-ring (bicyclic) bond motifs is 1. The lowest BCUT2D eigenvalue weighted by molar-refractivity contribution is -0.671. The minimum Gasteiger partial charge on any atom is -0.477 e. The zero-order valence-corrected chi connectivity index (χ0v) is 18.5. The third-order valence-electron chi connectivity index (χ3n) is 5.05. The summed E-state index contributed by atoms with van der Waals surface area (Å²) in [5.41, 5.74) is 1.61. The number of pyridine rings is 1. The van der Waals surface area contributed by atoms with Crippen molar-refractivity contribution in [2.45, 2.75) is 19.9 Å². The third-order valence-corrected chi connectivity index (χ3v) is 6.15. The number of rotatable bonds is 5. The number of halogens is 1. The highest BCUT2D eigenvalue weighted by Gasteiger charge is 2.26. The van der Waals surface area contributed by atoms with Gasteiger partial charge >= 0.3 is 5.56 Å². The molecule has 4 aromatic heterocycles. The number of aryl methyl sites for hydroxylation is 1. The fraction of sp³-hybridized carbons (Fsp3) is 0.136. The van der Waals surface area contributed by atoms with Crippen LogP contribution < -0.4 is 10.1 Å². The van der Waals surface area contributed by atoms with Crippen LogP contribution in [0, 0.1) is 0 Å². The van der Waals surface area contributed by atoms with Gasteiger partial charge in [0.15, 0.2) is 10.0 Å². The molecule has 8 nitrogen and oxygen atoms in total. The number of aromatic hydroxyl groups is 1. The van der Waals surface area contributed by atoms with Gasteiger partial charge in [0, 0.05) is 24.2 Å². The molecule has 0 unspecified atom stereocenters. The van der Waals surface area contributed by atoms with Crippen molar-refractivity contribution in [1.29, 1.82) is 0 Å². The molecule has 0 aliphatic carbocycles. The molecule has 32 heavy (non-hydrogen) atoms. The van der Waals surface area contributed by atoms with Crippen LogP contribution in [0.2, 0.25) is 4.47 Å². The lowest BCUT2D eigenvalue weighted by Gasteiger charge is -2.09. The van der Waals surface area contributed by atoms with E-state index in [-0.39, 0.29) is 17.0 Å². The summed E-state index contributed by atoms with van der Waals surface area (Å²) in [6, 6.07) is 12.5. The average molecular weight is 467 g/mol. The van der Waals surface area contributed by atoms with Crippen molar-refractivity contribution in [3.63, 3.8) is 0 Å². The SMILES string of the molecule is CCc1nc(-c2cccc(-c3c(O)[n+](Cc4cnc(Cl)s4)c4ccccn4c3=O)c2)no1. The standard InChI is InChI=1S/C22H16ClN5O3S/c1-2-16-25-19(26-31-16)14-7-5-6-13(10-14)18-20(29)27-9-4-3-8-17(27)28(21(18)30)12-15-11-24-22(23)32-15/h3-11H,2,12H2,1H3/p+1. The van der Waals surface area contributed by atoms with Gasteiger partial charge in [-0.25, -0.2) is 9.78 Å². The van der Waals surface area contributed by atoms with Crippen LogP contribution in [0.25, 0.3) is 28.2 Å². The highest BCUT2D eigenvalue weighted by molar-refractivity contribution is 7.15. The van der Waals surface area contributed by atoms with Gasteiger partial charge < -0.3 is 9.63 Å². The summed E-state index contributed by atoms with van der Waals surface area (Å²) in [5, 5.41) is 15.3. The summed E-state index contributed by atoms with van der Waals surface area (Å²) in [6.07, 6.45) is 3.96. The summed E-state index contributed by atoms with van der Waals surface area (Å²) in [4.78, 5) is 22.6. The minimum absolute atomic E-state index is 0.148. The van der Waals surface area contributed by atoms with Crippen molar-refractivity contribution < 1.29 is 14.2 Å². The van der Waals surface area contributed by atoms with Crippen molar-refractivity contribution in [3.05, 3.63) is 80.4 Å². The van der Waals surface area contributed by atoms with E-state index in [1.165, 1.54) is 15.7 Å². The van der Waals surface area contributed by atoms with Crippen LogP contribution in [-0.4, -0.2) is 24.6 Å². The van der Waals surface area contributed by atoms with Gasteiger partial charge in [-0.05, 0) is 17.7 Å². The predicted octanol–water partition coefficient (Wildman–Crippen LogP) is 3.73. The minimum atomic E-state index is -0.337. The van der Waals surface area contributed by atoms with E-state index < -0.39 is 0 Å². The van der Waals surface area contributed by atoms with Crippen LogP contribution in [0.4, 0.5) is 0 Å². The maximum atomic E-state index is 13.4. The summed E-state index contributed by atoms with van der Waals surface area (Å²) < 4.78 is 8.80. The van der Waals surface area contributed by atoms with Crippen LogP contribution >= 0.6 is 22.9 Å². The zero-order chi connectivity index (χ0) is 22.2. The Morgan fingerprint density at radius 2 is 2.06 bits per heavy atom. The molecule has 0 spiro atoms. The normalized spacial score (nSPS) is 11.3. The highest BCUT2D eigenvalue weighted by atomic mass is 35.5. The molecule has 0 fully saturated rings. The summed E-state index contributed by atoms with van der Waals surface area (Å²) in [6.45, 7) is 2.23. The Labute approximate surface area is 191 Å². The van der Waals surface area contributed by atoms with Crippen molar-refractivity contribution in [1.82, 2.24) is 19.5 Å². The monoisotopic (exact) mass is 466 g/mol. The predicted molar refractivity (Wildman–Crippen MR) is 120 cm³/mol.